The molecule has 2 aromatic heterocycles. The highest BCUT2D eigenvalue weighted by Crippen LogP contribution is 2.25. The van der Waals surface area contributed by atoms with Crippen molar-refractivity contribution in [3.63, 3.8) is 0 Å². The van der Waals surface area contributed by atoms with E-state index in [9.17, 15) is 10.1 Å². The number of aromatic nitrogens is 4. The van der Waals surface area contributed by atoms with Gasteiger partial charge < -0.3 is 10.6 Å². The number of anilines is 2. The zero-order valence-electron chi connectivity index (χ0n) is 10.5. The van der Waals surface area contributed by atoms with Gasteiger partial charge in [-0.2, -0.15) is 10.1 Å². The zero-order valence-corrected chi connectivity index (χ0v) is 10.5. The third-order valence-electron chi connectivity index (χ3n) is 2.51. The maximum absolute atomic E-state index is 10.9. The van der Waals surface area contributed by atoms with Crippen LogP contribution in [0.4, 0.5) is 17.5 Å². The van der Waals surface area contributed by atoms with Gasteiger partial charge in [-0.25, -0.2) is 4.98 Å². The van der Waals surface area contributed by atoms with Crippen LogP contribution in [0.2, 0.25) is 0 Å². The zero-order chi connectivity index (χ0) is 14.0. The van der Waals surface area contributed by atoms with E-state index in [2.05, 4.69) is 15.1 Å². The SMILES string of the molecule is CN(Cc1cnn(C)c1)c1nc(N)ncc1[N+](=O)[O-]. The lowest BCUT2D eigenvalue weighted by molar-refractivity contribution is -0.384. The van der Waals surface area contributed by atoms with Gasteiger partial charge in [0.2, 0.25) is 11.8 Å². The molecule has 19 heavy (non-hydrogen) atoms. The van der Waals surface area contributed by atoms with Crippen molar-refractivity contribution in [2.75, 3.05) is 17.7 Å². The Hall–Kier alpha value is -2.71. The van der Waals surface area contributed by atoms with Crippen LogP contribution in [0.1, 0.15) is 5.56 Å². The summed E-state index contributed by atoms with van der Waals surface area (Å²) in [5.74, 6) is 0.181. The fourth-order valence-corrected chi connectivity index (χ4v) is 1.69. The summed E-state index contributed by atoms with van der Waals surface area (Å²) in [6.07, 6.45) is 4.62. The number of nitrogen functional groups attached to an aromatic ring is 1. The lowest BCUT2D eigenvalue weighted by Gasteiger charge is -2.16. The number of hydrogen-bond donors (Lipinski definition) is 1. The summed E-state index contributed by atoms with van der Waals surface area (Å²) in [5.41, 5.74) is 6.21. The minimum Gasteiger partial charge on any atom is -0.368 e. The van der Waals surface area contributed by atoms with E-state index in [1.165, 1.54) is 0 Å². The van der Waals surface area contributed by atoms with E-state index in [4.69, 9.17) is 5.73 Å². The van der Waals surface area contributed by atoms with Gasteiger partial charge in [-0.3, -0.25) is 14.8 Å². The highest BCUT2D eigenvalue weighted by atomic mass is 16.6. The van der Waals surface area contributed by atoms with Crippen LogP contribution in [0.5, 0.6) is 0 Å². The molecule has 100 valence electrons. The van der Waals surface area contributed by atoms with Gasteiger partial charge in [0, 0.05) is 32.4 Å². The molecule has 9 heteroatoms. The molecule has 0 saturated heterocycles. The molecule has 0 radical (unpaired) electrons. The molecule has 2 N–H and O–H groups in total. The monoisotopic (exact) mass is 263 g/mol. The van der Waals surface area contributed by atoms with E-state index in [0.29, 0.717) is 6.54 Å². The van der Waals surface area contributed by atoms with Gasteiger partial charge in [0.25, 0.3) is 0 Å². The van der Waals surface area contributed by atoms with Crippen LogP contribution in [0, 0.1) is 10.1 Å². The van der Waals surface area contributed by atoms with Crippen LogP contribution in [0.15, 0.2) is 18.6 Å². The molecule has 2 heterocycles. The van der Waals surface area contributed by atoms with Gasteiger partial charge in [0.05, 0.1) is 11.1 Å². The first kappa shape index (κ1) is 12.7. The third-order valence-corrected chi connectivity index (χ3v) is 2.51. The van der Waals surface area contributed by atoms with Gasteiger partial charge in [-0.1, -0.05) is 0 Å². The van der Waals surface area contributed by atoms with Gasteiger partial charge in [-0.15, -0.1) is 0 Å². The van der Waals surface area contributed by atoms with Crippen LogP contribution >= 0.6 is 0 Å². The lowest BCUT2D eigenvalue weighted by atomic mass is 10.3. The van der Waals surface area contributed by atoms with Crippen LogP contribution in [0.3, 0.4) is 0 Å². The van der Waals surface area contributed by atoms with Crippen molar-refractivity contribution in [1.29, 1.82) is 0 Å². The van der Waals surface area contributed by atoms with Crippen LogP contribution in [-0.2, 0) is 13.6 Å². The highest BCUT2D eigenvalue weighted by Gasteiger charge is 2.20. The van der Waals surface area contributed by atoms with Crippen molar-refractivity contribution in [2.45, 2.75) is 6.54 Å². The van der Waals surface area contributed by atoms with Crippen LogP contribution in [-0.4, -0.2) is 31.7 Å². The summed E-state index contributed by atoms with van der Waals surface area (Å²) in [4.78, 5) is 19.6. The van der Waals surface area contributed by atoms with E-state index < -0.39 is 4.92 Å². The molecule has 0 aliphatic heterocycles. The average molecular weight is 263 g/mol. The number of aryl methyl sites for hydroxylation is 1. The van der Waals surface area contributed by atoms with Crippen LogP contribution in [0.25, 0.3) is 0 Å². The molecule has 2 rings (SSSR count). The molecular formula is C10H13N7O2. The Labute approximate surface area is 108 Å². The largest absolute Gasteiger partial charge is 0.368 e. The van der Waals surface area contributed by atoms with Crippen molar-refractivity contribution in [3.8, 4) is 0 Å². The Bertz CT molecular complexity index is 610. The van der Waals surface area contributed by atoms with Crippen LogP contribution < -0.4 is 10.6 Å². The Balaban J connectivity index is 2.29. The van der Waals surface area contributed by atoms with Crippen molar-refractivity contribution < 1.29 is 4.92 Å². The van der Waals surface area contributed by atoms with Gasteiger partial charge in [0.15, 0.2) is 0 Å². The summed E-state index contributed by atoms with van der Waals surface area (Å²) in [6.45, 7) is 0.436. The van der Waals surface area contributed by atoms with Gasteiger partial charge in [0.1, 0.15) is 6.20 Å². The molecule has 0 amide bonds. The van der Waals surface area contributed by atoms with Crippen molar-refractivity contribution in [3.05, 3.63) is 34.3 Å². The minimum atomic E-state index is -0.533. The fourth-order valence-electron chi connectivity index (χ4n) is 1.69. The van der Waals surface area contributed by atoms with E-state index in [-0.39, 0.29) is 17.5 Å². The Morgan fingerprint density at radius 2 is 2.26 bits per heavy atom. The molecule has 0 aliphatic rings. The minimum absolute atomic E-state index is 0.00126. The van der Waals surface area contributed by atoms with Gasteiger partial charge in [-0.05, 0) is 0 Å². The van der Waals surface area contributed by atoms with E-state index >= 15 is 0 Å². The van der Waals surface area contributed by atoms with E-state index in [1.54, 1.807) is 29.9 Å². The maximum atomic E-state index is 10.9. The molecule has 0 atom stereocenters. The number of rotatable bonds is 4. The Morgan fingerprint density at radius 3 is 2.84 bits per heavy atom. The lowest BCUT2D eigenvalue weighted by Crippen LogP contribution is -2.19. The molecule has 0 spiro atoms. The van der Waals surface area contributed by atoms with Gasteiger partial charge >= 0.3 is 5.69 Å². The average Bonchev–Trinajstić information content (AvgIpc) is 2.74. The highest BCUT2D eigenvalue weighted by molar-refractivity contribution is 5.58. The first-order valence-electron chi connectivity index (χ1n) is 5.43. The molecule has 0 fully saturated rings. The Kier molecular flexibility index (Phi) is 3.27. The quantitative estimate of drug-likeness (QED) is 0.624. The third kappa shape index (κ3) is 2.76. The first-order valence-corrected chi connectivity index (χ1v) is 5.43. The normalized spacial score (nSPS) is 10.4. The molecule has 0 aromatic carbocycles. The number of hydrogen-bond acceptors (Lipinski definition) is 7. The molecule has 0 unspecified atom stereocenters. The molecular weight excluding hydrogens is 250 g/mol. The summed E-state index contributed by atoms with van der Waals surface area (Å²) in [5, 5.41) is 15.0. The summed E-state index contributed by atoms with van der Waals surface area (Å²) < 4.78 is 1.66. The standard InChI is InChI=1S/C10H13N7O2/c1-15(5-7-3-13-16(2)6-7)9-8(17(18)19)4-12-10(11)14-9/h3-4,6H,5H2,1-2H3,(H2,11,12,14). The molecule has 9 nitrogen and oxygen atoms in total. The number of nitro groups is 1. The number of nitrogens with zero attached hydrogens (tertiary/aromatic N) is 6. The van der Waals surface area contributed by atoms with Crippen molar-refractivity contribution in [2.24, 2.45) is 7.05 Å². The fraction of sp³-hybridized carbons (Fsp3) is 0.300. The molecule has 0 bridgehead atoms. The topological polar surface area (TPSA) is 116 Å². The second kappa shape index (κ2) is 4.88. The second-order valence-electron chi connectivity index (χ2n) is 4.07. The first-order chi connectivity index (χ1) is 8.97. The predicted molar refractivity (Wildman–Crippen MR) is 68.4 cm³/mol. The predicted octanol–water partition coefficient (Wildman–Crippen LogP) is 0.337. The summed E-state index contributed by atoms with van der Waals surface area (Å²) in [6, 6.07) is 0. The summed E-state index contributed by atoms with van der Waals surface area (Å²) >= 11 is 0. The Morgan fingerprint density at radius 1 is 1.53 bits per heavy atom. The summed E-state index contributed by atoms with van der Waals surface area (Å²) in [7, 11) is 3.50. The van der Waals surface area contributed by atoms with Crippen molar-refractivity contribution in [1.82, 2.24) is 19.7 Å². The second-order valence-corrected chi connectivity index (χ2v) is 4.07. The maximum Gasteiger partial charge on any atom is 0.329 e. The van der Waals surface area contributed by atoms with E-state index in [0.717, 1.165) is 11.8 Å². The van der Waals surface area contributed by atoms with E-state index in [1.807, 2.05) is 6.20 Å². The molecule has 0 aliphatic carbocycles. The molecule has 2 aromatic rings. The smallest absolute Gasteiger partial charge is 0.329 e. The number of nitrogens with two attached hydrogens (primary N) is 1. The van der Waals surface area contributed by atoms with Crippen molar-refractivity contribution >= 4 is 17.5 Å². The molecule has 0 saturated carbocycles.